The van der Waals surface area contributed by atoms with Crippen LogP contribution in [0.1, 0.15) is 19.3 Å². The molecule has 4 heteroatoms. The van der Waals surface area contributed by atoms with Gasteiger partial charge in [-0.2, -0.15) is 0 Å². The molecule has 1 aliphatic rings. The van der Waals surface area contributed by atoms with Crippen molar-refractivity contribution >= 4 is 11.6 Å². The summed E-state index contributed by atoms with van der Waals surface area (Å²) in [7, 11) is 2.07. The number of nitrogens with one attached hydrogen (secondary N) is 1. The smallest absolute Gasteiger partial charge is 0.224 e. The lowest BCUT2D eigenvalue weighted by Gasteiger charge is -2.29. The Balaban J connectivity index is 1.87. The first-order valence-corrected chi connectivity index (χ1v) is 6.38. The van der Waals surface area contributed by atoms with Gasteiger partial charge in [0.25, 0.3) is 0 Å². The third kappa shape index (κ3) is 3.53. The number of nitrogens with zero attached hydrogens (tertiary/aromatic N) is 1. The molecule has 0 aliphatic carbocycles. The summed E-state index contributed by atoms with van der Waals surface area (Å²) in [6, 6.07) is 6.26. The van der Waals surface area contributed by atoms with Gasteiger partial charge in [-0.05, 0) is 44.5 Å². The Labute approximate surface area is 107 Å². The van der Waals surface area contributed by atoms with Crippen molar-refractivity contribution < 1.29 is 9.18 Å². The number of amides is 1. The Hall–Kier alpha value is -1.42. The molecule has 0 spiro atoms. The number of para-hydroxylation sites is 1. The number of piperidine rings is 1. The summed E-state index contributed by atoms with van der Waals surface area (Å²) in [6.45, 7) is 2.05. The first kappa shape index (κ1) is 13.0. The van der Waals surface area contributed by atoms with Gasteiger partial charge >= 0.3 is 0 Å². The summed E-state index contributed by atoms with van der Waals surface area (Å²) < 4.78 is 13.4. The quantitative estimate of drug-likeness (QED) is 0.894. The third-order valence-corrected chi connectivity index (χ3v) is 3.34. The molecule has 1 aliphatic heterocycles. The zero-order valence-electron chi connectivity index (χ0n) is 10.7. The van der Waals surface area contributed by atoms with Gasteiger partial charge < -0.3 is 10.2 Å². The van der Waals surface area contributed by atoms with Gasteiger partial charge in [0.05, 0.1) is 5.69 Å². The number of benzene rings is 1. The van der Waals surface area contributed by atoms with Crippen LogP contribution in [0.5, 0.6) is 0 Å². The van der Waals surface area contributed by atoms with Crippen LogP contribution in [-0.2, 0) is 4.79 Å². The predicted molar refractivity (Wildman–Crippen MR) is 69.9 cm³/mol. The minimum Gasteiger partial charge on any atom is -0.324 e. The molecule has 1 amide bonds. The lowest BCUT2D eigenvalue weighted by molar-refractivity contribution is -0.117. The molecular formula is C14H19FN2O. The largest absolute Gasteiger partial charge is 0.324 e. The van der Waals surface area contributed by atoms with Gasteiger partial charge in [0.1, 0.15) is 5.82 Å². The number of rotatable bonds is 3. The second kappa shape index (κ2) is 5.96. The molecule has 3 nitrogen and oxygen atoms in total. The highest BCUT2D eigenvalue weighted by atomic mass is 19.1. The van der Waals surface area contributed by atoms with Gasteiger partial charge in [-0.15, -0.1) is 0 Å². The zero-order valence-corrected chi connectivity index (χ0v) is 10.7. The molecule has 18 heavy (non-hydrogen) atoms. The minimum atomic E-state index is -0.383. The summed E-state index contributed by atoms with van der Waals surface area (Å²) in [4.78, 5) is 14.1. The van der Waals surface area contributed by atoms with Crippen LogP contribution >= 0.6 is 0 Å². The highest BCUT2D eigenvalue weighted by molar-refractivity contribution is 5.90. The van der Waals surface area contributed by atoms with Gasteiger partial charge in [-0.3, -0.25) is 4.79 Å². The molecule has 1 unspecified atom stereocenters. The SMILES string of the molecule is CN1CCCC(CC(=O)Nc2ccccc2F)C1. The number of carbonyl (C=O) groups excluding carboxylic acids is 1. The Morgan fingerprint density at radius 2 is 2.28 bits per heavy atom. The average Bonchev–Trinajstić information content (AvgIpc) is 2.32. The van der Waals surface area contributed by atoms with Gasteiger partial charge in [-0.1, -0.05) is 12.1 Å². The van der Waals surface area contributed by atoms with Crippen LogP contribution in [0, 0.1) is 11.7 Å². The van der Waals surface area contributed by atoms with Crippen LogP contribution in [0.4, 0.5) is 10.1 Å². The molecule has 98 valence electrons. The zero-order chi connectivity index (χ0) is 13.0. The predicted octanol–water partition coefficient (Wildman–Crippen LogP) is 2.50. The normalized spacial score (nSPS) is 20.7. The van der Waals surface area contributed by atoms with E-state index in [9.17, 15) is 9.18 Å². The molecular weight excluding hydrogens is 231 g/mol. The topological polar surface area (TPSA) is 32.3 Å². The van der Waals surface area contributed by atoms with Crippen molar-refractivity contribution in [3.05, 3.63) is 30.1 Å². The van der Waals surface area contributed by atoms with E-state index in [1.54, 1.807) is 18.2 Å². The summed E-state index contributed by atoms with van der Waals surface area (Å²) in [6.07, 6.45) is 2.68. The van der Waals surface area contributed by atoms with Crippen molar-refractivity contribution in [2.75, 3.05) is 25.5 Å². The lowest BCUT2D eigenvalue weighted by atomic mass is 9.95. The second-order valence-corrected chi connectivity index (χ2v) is 5.00. The molecule has 2 rings (SSSR count). The molecule has 1 atom stereocenters. The van der Waals surface area contributed by atoms with Crippen molar-refractivity contribution in [1.82, 2.24) is 4.90 Å². The highest BCUT2D eigenvalue weighted by Gasteiger charge is 2.20. The van der Waals surface area contributed by atoms with E-state index in [-0.39, 0.29) is 17.4 Å². The Kier molecular flexibility index (Phi) is 4.31. The Bertz CT molecular complexity index is 422. The van der Waals surface area contributed by atoms with E-state index in [0.29, 0.717) is 12.3 Å². The maximum atomic E-state index is 13.4. The fourth-order valence-corrected chi connectivity index (χ4v) is 2.47. The van der Waals surface area contributed by atoms with Gasteiger partial charge in [0.2, 0.25) is 5.91 Å². The van der Waals surface area contributed by atoms with Crippen molar-refractivity contribution in [1.29, 1.82) is 0 Å². The van der Waals surface area contributed by atoms with Gasteiger partial charge in [-0.25, -0.2) is 4.39 Å². The van der Waals surface area contributed by atoms with E-state index in [1.807, 2.05) is 0 Å². The molecule has 1 aromatic carbocycles. The number of hydrogen-bond donors (Lipinski definition) is 1. The van der Waals surface area contributed by atoms with Crippen LogP contribution in [0.3, 0.4) is 0 Å². The van der Waals surface area contributed by atoms with Crippen LogP contribution in [0.25, 0.3) is 0 Å². The minimum absolute atomic E-state index is 0.0969. The molecule has 0 radical (unpaired) electrons. The molecule has 0 saturated carbocycles. The van der Waals surface area contributed by atoms with Crippen molar-refractivity contribution in [2.24, 2.45) is 5.92 Å². The summed E-state index contributed by atoms with van der Waals surface area (Å²) in [5, 5.41) is 2.64. The standard InChI is InChI=1S/C14H19FN2O/c1-17-8-4-5-11(10-17)9-14(18)16-13-7-3-2-6-12(13)15/h2-3,6-7,11H,4-5,8-10H2,1H3,(H,16,18). The summed E-state index contributed by atoms with van der Waals surface area (Å²) in [5.41, 5.74) is 0.270. The van der Waals surface area contributed by atoms with E-state index in [2.05, 4.69) is 17.3 Å². The van der Waals surface area contributed by atoms with Crippen LogP contribution < -0.4 is 5.32 Å². The van der Waals surface area contributed by atoms with Crippen molar-refractivity contribution in [2.45, 2.75) is 19.3 Å². The van der Waals surface area contributed by atoms with E-state index in [4.69, 9.17) is 0 Å². The number of likely N-dealkylation sites (tertiary alicyclic amines) is 1. The average molecular weight is 250 g/mol. The first-order valence-electron chi connectivity index (χ1n) is 6.38. The molecule has 0 aromatic heterocycles. The van der Waals surface area contributed by atoms with E-state index >= 15 is 0 Å². The third-order valence-electron chi connectivity index (χ3n) is 3.34. The van der Waals surface area contributed by atoms with Gasteiger partial charge in [0.15, 0.2) is 0 Å². The van der Waals surface area contributed by atoms with E-state index < -0.39 is 0 Å². The molecule has 0 bridgehead atoms. The summed E-state index contributed by atoms with van der Waals surface area (Å²) in [5.74, 6) is -0.0949. The van der Waals surface area contributed by atoms with E-state index in [0.717, 1.165) is 25.9 Å². The number of carbonyl (C=O) groups is 1. The first-order chi connectivity index (χ1) is 8.65. The van der Waals surface area contributed by atoms with Crippen molar-refractivity contribution in [3.63, 3.8) is 0 Å². The molecule has 1 heterocycles. The second-order valence-electron chi connectivity index (χ2n) is 5.00. The number of halogens is 1. The maximum Gasteiger partial charge on any atom is 0.224 e. The van der Waals surface area contributed by atoms with Crippen LogP contribution in [0.2, 0.25) is 0 Å². The number of hydrogen-bond acceptors (Lipinski definition) is 2. The molecule has 1 saturated heterocycles. The molecule has 1 fully saturated rings. The maximum absolute atomic E-state index is 13.4. The monoisotopic (exact) mass is 250 g/mol. The Morgan fingerprint density at radius 3 is 3.00 bits per heavy atom. The fourth-order valence-electron chi connectivity index (χ4n) is 2.47. The fraction of sp³-hybridized carbons (Fsp3) is 0.500. The van der Waals surface area contributed by atoms with Crippen molar-refractivity contribution in [3.8, 4) is 0 Å². The molecule has 1 aromatic rings. The number of anilines is 1. The summed E-state index contributed by atoms with van der Waals surface area (Å²) >= 11 is 0. The van der Waals surface area contributed by atoms with Crippen LogP contribution in [-0.4, -0.2) is 30.9 Å². The van der Waals surface area contributed by atoms with Gasteiger partial charge in [0, 0.05) is 13.0 Å². The van der Waals surface area contributed by atoms with E-state index in [1.165, 1.54) is 6.07 Å². The van der Waals surface area contributed by atoms with Crippen LogP contribution in [0.15, 0.2) is 24.3 Å². The lowest BCUT2D eigenvalue weighted by Crippen LogP contribution is -2.34. The molecule has 1 N–H and O–H groups in total. The Morgan fingerprint density at radius 1 is 1.50 bits per heavy atom. The highest BCUT2D eigenvalue weighted by Crippen LogP contribution is 2.20.